The number of carbonyl (C=O) groups excluding carboxylic acids is 1. The van der Waals surface area contributed by atoms with Gasteiger partial charge >= 0.3 is 5.97 Å². The van der Waals surface area contributed by atoms with E-state index in [2.05, 4.69) is 13.2 Å². The van der Waals surface area contributed by atoms with Crippen LogP contribution in [0.25, 0.3) is 0 Å². The number of hydrogen-bond donors (Lipinski definition) is 1. The Labute approximate surface area is 161 Å². The number of esters is 1. The molecule has 3 atom stereocenters. The summed E-state index contributed by atoms with van der Waals surface area (Å²) in [5.41, 5.74) is 1.06. The molecule has 1 aromatic rings. The van der Waals surface area contributed by atoms with Crippen molar-refractivity contribution >= 4 is 5.97 Å². The molecule has 0 saturated carbocycles. The highest BCUT2D eigenvalue weighted by atomic mass is 16.5. The number of hydrogen-bond acceptors (Lipinski definition) is 5. The van der Waals surface area contributed by atoms with Crippen molar-refractivity contribution in [3.05, 3.63) is 66.8 Å². The average molecular weight is 369 g/mol. The fourth-order valence-corrected chi connectivity index (χ4v) is 2.71. The van der Waals surface area contributed by atoms with Crippen molar-refractivity contribution < 1.29 is 19.4 Å². The third kappa shape index (κ3) is 6.76. The van der Waals surface area contributed by atoms with Crippen molar-refractivity contribution in [2.75, 3.05) is 7.11 Å². The minimum Gasteiger partial charge on any atom is -0.496 e. The lowest BCUT2D eigenvalue weighted by atomic mass is 9.96. The number of nitriles is 1. The van der Waals surface area contributed by atoms with Gasteiger partial charge in [-0.3, -0.25) is 0 Å². The molecule has 27 heavy (non-hydrogen) atoms. The van der Waals surface area contributed by atoms with Gasteiger partial charge in [0.1, 0.15) is 17.4 Å². The second-order valence-electron chi connectivity index (χ2n) is 6.22. The van der Waals surface area contributed by atoms with Crippen molar-refractivity contribution in [2.45, 2.75) is 38.4 Å². The van der Waals surface area contributed by atoms with Gasteiger partial charge in [0.2, 0.25) is 0 Å². The lowest BCUT2D eigenvalue weighted by Gasteiger charge is -2.22. The van der Waals surface area contributed by atoms with Gasteiger partial charge in [0.15, 0.2) is 0 Å². The Hall–Kier alpha value is -2.84. The zero-order valence-electron chi connectivity index (χ0n) is 15.9. The number of nitrogens with zero attached hydrogens (tertiary/aromatic N) is 1. The Morgan fingerprint density at radius 2 is 2.11 bits per heavy atom. The summed E-state index contributed by atoms with van der Waals surface area (Å²) < 4.78 is 10.9. The Bertz CT molecular complexity index is 718. The summed E-state index contributed by atoms with van der Waals surface area (Å²) in [5.74, 6) is -0.204. The molecular formula is C22H27NO4. The minimum atomic E-state index is -0.735. The summed E-state index contributed by atoms with van der Waals surface area (Å²) in [6.07, 6.45) is 6.02. The van der Waals surface area contributed by atoms with E-state index in [1.807, 2.05) is 19.1 Å². The number of aliphatic hydroxyl groups excluding tert-OH is 1. The number of benzene rings is 1. The summed E-state index contributed by atoms with van der Waals surface area (Å²) in [7, 11) is 1.48. The summed E-state index contributed by atoms with van der Waals surface area (Å²) in [5, 5.41) is 19.2. The van der Waals surface area contributed by atoms with Crippen LogP contribution in [0.1, 0.15) is 35.7 Å². The van der Waals surface area contributed by atoms with Gasteiger partial charge in [-0.05, 0) is 36.5 Å². The number of carbonyl (C=O) groups is 1. The van der Waals surface area contributed by atoms with E-state index in [0.29, 0.717) is 24.2 Å². The van der Waals surface area contributed by atoms with E-state index in [4.69, 9.17) is 14.7 Å². The smallest absolute Gasteiger partial charge is 0.342 e. The molecule has 0 spiro atoms. The van der Waals surface area contributed by atoms with Crippen LogP contribution in [0.5, 0.6) is 5.75 Å². The Morgan fingerprint density at radius 3 is 2.70 bits per heavy atom. The molecule has 0 bridgehead atoms. The first kappa shape index (κ1) is 22.2. The summed E-state index contributed by atoms with van der Waals surface area (Å²) in [6, 6.07) is 7.17. The quantitative estimate of drug-likeness (QED) is 0.362. The molecule has 0 fully saturated rings. The maximum Gasteiger partial charge on any atom is 0.342 e. The minimum absolute atomic E-state index is 0.0400. The molecule has 0 saturated heterocycles. The normalized spacial score (nSPS) is 14.0. The Balaban J connectivity index is 3.07. The molecule has 1 N–H and O–H groups in total. The molecule has 5 heteroatoms. The molecule has 0 aliphatic carbocycles. The molecule has 1 rings (SSSR count). The maximum atomic E-state index is 12.8. The van der Waals surface area contributed by atoms with E-state index in [9.17, 15) is 9.90 Å². The zero-order valence-corrected chi connectivity index (χ0v) is 15.9. The predicted molar refractivity (Wildman–Crippen MR) is 105 cm³/mol. The fourth-order valence-electron chi connectivity index (χ4n) is 2.71. The first-order chi connectivity index (χ1) is 13.0. The highest BCUT2D eigenvalue weighted by Gasteiger charge is 2.24. The van der Waals surface area contributed by atoms with E-state index in [-0.39, 0.29) is 12.3 Å². The van der Waals surface area contributed by atoms with Crippen molar-refractivity contribution in [2.24, 2.45) is 5.92 Å². The fraction of sp³-hybridized carbons (Fsp3) is 0.364. The molecule has 1 aromatic carbocycles. The second-order valence-corrected chi connectivity index (χ2v) is 6.22. The molecular weight excluding hydrogens is 342 g/mol. The summed E-state index contributed by atoms with van der Waals surface area (Å²) in [6.45, 7) is 9.27. The number of aliphatic hydroxyl groups is 1. The number of ether oxygens (including phenoxy) is 2. The van der Waals surface area contributed by atoms with Gasteiger partial charge in [0.25, 0.3) is 0 Å². The monoisotopic (exact) mass is 369 g/mol. The van der Waals surface area contributed by atoms with E-state index in [0.717, 1.165) is 5.56 Å². The SMILES string of the molecule is C=CCc1cccc(OC)c1C(=O)O[C@@H](/C=C/C#N)C[C@H](O)[C@@H](C)CC=C. The molecule has 0 aromatic heterocycles. The Morgan fingerprint density at radius 1 is 1.37 bits per heavy atom. The Kier molecular flexibility index (Phi) is 9.63. The van der Waals surface area contributed by atoms with Gasteiger partial charge in [-0.25, -0.2) is 4.79 Å². The first-order valence-electron chi connectivity index (χ1n) is 8.81. The van der Waals surface area contributed by atoms with Crippen molar-refractivity contribution in [1.29, 1.82) is 5.26 Å². The largest absolute Gasteiger partial charge is 0.496 e. The van der Waals surface area contributed by atoms with Gasteiger partial charge in [-0.2, -0.15) is 5.26 Å². The van der Waals surface area contributed by atoms with Crippen molar-refractivity contribution in [1.82, 2.24) is 0 Å². The third-order valence-corrected chi connectivity index (χ3v) is 4.21. The second kappa shape index (κ2) is 11.7. The van der Waals surface area contributed by atoms with E-state index in [1.165, 1.54) is 19.3 Å². The molecule has 0 aliphatic heterocycles. The van der Waals surface area contributed by atoms with Crippen LogP contribution < -0.4 is 4.74 Å². The molecule has 0 aliphatic rings. The lowest BCUT2D eigenvalue weighted by molar-refractivity contribution is 0.0191. The molecule has 5 nitrogen and oxygen atoms in total. The van der Waals surface area contributed by atoms with Crippen LogP contribution in [0, 0.1) is 17.2 Å². The molecule has 0 heterocycles. The van der Waals surface area contributed by atoms with Crippen molar-refractivity contribution in [3.8, 4) is 11.8 Å². The van der Waals surface area contributed by atoms with Crippen LogP contribution in [0.15, 0.2) is 55.7 Å². The highest BCUT2D eigenvalue weighted by molar-refractivity contribution is 5.94. The van der Waals surface area contributed by atoms with Crippen LogP contribution in [0.4, 0.5) is 0 Å². The van der Waals surface area contributed by atoms with Crippen molar-refractivity contribution in [3.63, 3.8) is 0 Å². The number of methoxy groups -OCH3 is 1. The topological polar surface area (TPSA) is 79.5 Å². The van der Waals surface area contributed by atoms with E-state index in [1.54, 1.807) is 24.3 Å². The van der Waals surface area contributed by atoms with Gasteiger partial charge in [0.05, 0.1) is 19.3 Å². The van der Waals surface area contributed by atoms with Gasteiger partial charge < -0.3 is 14.6 Å². The van der Waals surface area contributed by atoms with Crippen LogP contribution in [0.3, 0.4) is 0 Å². The van der Waals surface area contributed by atoms with Gasteiger partial charge in [0, 0.05) is 12.5 Å². The standard InChI is InChI=1S/C22H27NO4/c1-5-9-16(3)19(24)15-18(12-8-14-23)27-22(25)21-17(10-6-2)11-7-13-20(21)26-4/h5-8,11-13,16,18-19,24H,1-2,9-10,15H2,3-4H3/b12-8+/t16-,18-,19-/m0/s1. The van der Waals surface area contributed by atoms with Gasteiger partial charge in [-0.1, -0.05) is 31.2 Å². The first-order valence-corrected chi connectivity index (χ1v) is 8.81. The number of rotatable bonds is 11. The molecule has 0 unspecified atom stereocenters. The third-order valence-electron chi connectivity index (χ3n) is 4.21. The van der Waals surface area contributed by atoms with E-state index < -0.39 is 18.2 Å². The van der Waals surface area contributed by atoms with Crippen LogP contribution in [0.2, 0.25) is 0 Å². The molecule has 0 amide bonds. The average Bonchev–Trinajstić information content (AvgIpc) is 2.66. The summed E-state index contributed by atoms with van der Waals surface area (Å²) >= 11 is 0. The molecule has 0 radical (unpaired) electrons. The maximum absolute atomic E-state index is 12.8. The zero-order chi connectivity index (χ0) is 20.2. The molecule has 144 valence electrons. The van der Waals surface area contributed by atoms with Crippen LogP contribution in [-0.2, 0) is 11.2 Å². The predicted octanol–water partition coefficient (Wildman–Crippen LogP) is 3.99. The van der Waals surface area contributed by atoms with Crippen LogP contribution in [-0.4, -0.2) is 30.4 Å². The highest BCUT2D eigenvalue weighted by Crippen LogP contribution is 2.25. The van der Waals surface area contributed by atoms with Crippen LogP contribution >= 0.6 is 0 Å². The lowest BCUT2D eigenvalue weighted by Crippen LogP contribution is -2.27. The van der Waals surface area contributed by atoms with Gasteiger partial charge in [-0.15, -0.1) is 13.2 Å². The number of allylic oxidation sites excluding steroid dienone is 3. The van der Waals surface area contributed by atoms with E-state index >= 15 is 0 Å². The summed E-state index contributed by atoms with van der Waals surface area (Å²) in [4.78, 5) is 12.8.